The van der Waals surface area contributed by atoms with Crippen LogP contribution in [0.15, 0.2) is 35.7 Å². The zero-order valence-electron chi connectivity index (χ0n) is 10.5. The summed E-state index contributed by atoms with van der Waals surface area (Å²) in [5.74, 6) is 0.0926. The molecular weight excluding hydrogens is 373 g/mol. The highest BCUT2D eigenvalue weighted by atomic mass is 35.5. The minimum absolute atomic E-state index is 0.0516. The Morgan fingerprint density at radius 3 is 2.50 bits per heavy atom. The smallest absolute Gasteiger partial charge is 0.274 e. The van der Waals surface area contributed by atoms with E-state index in [4.69, 9.17) is 34.8 Å². The number of para-hydroxylation sites is 1. The van der Waals surface area contributed by atoms with Gasteiger partial charge in [0.05, 0.1) is 33.1 Å². The lowest BCUT2D eigenvalue weighted by atomic mass is 10.3. The van der Waals surface area contributed by atoms with Crippen molar-refractivity contribution in [2.75, 3.05) is 4.72 Å². The summed E-state index contributed by atoms with van der Waals surface area (Å²) in [5, 5.41) is 3.95. The van der Waals surface area contributed by atoms with Crippen molar-refractivity contribution in [1.29, 1.82) is 0 Å². The molecule has 0 saturated carbocycles. The molecule has 114 valence electrons. The van der Waals surface area contributed by atoms with Gasteiger partial charge in [-0.2, -0.15) is 13.4 Å². The van der Waals surface area contributed by atoms with Gasteiger partial charge in [0, 0.05) is 0 Å². The Hall–Kier alpha value is -1.61. The van der Waals surface area contributed by atoms with E-state index in [2.05, 4.69) is 19.8 Å². The molecule has 0 radical (unpaired) electrons. The molecular formula is C11H6Cl3N5O2S. The largest absolute Gasteiger partial charge is 0.299 e. The Morgan fingerprint density at radius 2 is 1.82 bits per heavy atom. The van der Waals surface area contributed by atoms with E-state index in [1.807, 2.05) is 0 Å². The Morgan fingerprint density at radius 1 is 1.14 bits per heavy atom. The summed E-state index contributed by atoms with van der Waals surface area (Å²) >= 11 is 17.6. The van der Waals surface area contributed by atoms with E-state index in [-0.39, 0.29) is 21.5 Å². The molecule has 0 bridgehead atoms. The van der Waals surface area contributed by atoms with Crippen LogP contribution in [0.25, 0.3) is 5.78 Å². The summed E-state index contributed by atoms with van der Waals surface area (Å²) < 4.78 is 28.1. The van der Waals surface area contributed by atoms with Crippen LogP contribution in [0.5, 0.6) is 0 Å². The predicted molar refractivity (Wildman–Crippen MR) is 83.1 cm³/mol. The highest BCUT2D eigenvalue weighted by Crippen LogP contribution is 2.31. The van der Waals surface area contributed by atoms with Crippen molar-refractivity contribution in [1.82, 2.24) is 19.6 Å². The van der Waals surface area contributed by atoms with Crippen molar-refractivity contribution in [3.05, 3.63) is 45.7 Å². The van der Waals surface area contributed by atoms with Gasteiger partial charge in [-0.3, -0.25) is 4.72 Å². The van der Waals surface area contributed by atoms with Crippen LogP contribution in [0.4, 0.5) is 5.69 Å². The highest BCUT2D eigenvalue weighted by molar-refractivity contribution is 7.92. The van der Waals surface area contributed by atoms with E-state index in [1.54, 1.807) is 6.07 Å². The first-order valence-electron chi connectivity index (χ1n) is 5.71. The number of hydrogen-bond donors (Lipinski definition) is 1. The molecule has 22 heavy (non-hydrogen) atoms. The first-order chi connectivity index (χ1) is 10.4. The van der Waals surface area contributed by atoms with Gasteiger partial charge < -0.3 is 0 Å². The summed E-state index contributed by atoms with van der Waals surface area (Å²) in [4.78, 5) is 7.70. The molecule has 0 aliphatic rings. The summed E-state index contributed by atoms with van der Waals surface area (Å²) in [6.07, 6.45) is 2.72. The van der Waals surface area contributed by atoms with Crippen LogP contribution in [0.3, 0.4) is 0 Å². The Labute approximate surface area is 139 Å². The number of anilines is 1. The minimum Gasteiger partial charge on any atom is -0.274 e. The Balaban J connectivity index is 2.05. The Kier molecular flexibility index (Phi) is 3.85. The number of halogens is 3. The summed E-state index contributed by atoms with van der Waals surface area (Å²) in [7, 11) is -4.08. The van der Waals surface area contributed by atoms with Gasteiger partial charge in [-0.1, -0.05) is 40.9 Å². The molecule has 0 unspecified atom stereocenters. The van der Waals surface area contributed by atoms with Crippen LogP contribution in [0, 0.1) is 0 Å². The van der Waals surface area contributed by atoms with Crippen LogP contribution in [-0.2, 0) is 10.0 Å². The minimum atomic E-state index is -4.08. The zero-order valence-corrected chi connectivity index (χ0v) is 13.6. The third-order valence-electron chi connectivity index (χ3n) is 2.58. The summed E-state index contributed by atoms with van der Waals surface area (Å²) in [6.45, 7) is 0. The fraction of sp³-hybridized carbons (Fsp3) is 0. The molecule has 2 heterocycles. The van der Waals surface area contributed by atoms with E-state index >= 15 is 0 Å². The quantitative estimate of drug-likeness (QED) is 0.757. The monoisotopic (exact) mass is 377 g/mol. The number of hydrogen-bond acceptors (Lipinski definition) is 5. The van der Waals surface area contributed by atoms with Gasteiger partial charge in [-0.15, -0.1) is 5.10 Å². The van der Waals surface area contributed by atoms with Gasteiger partial charge >= 0.3 is 0 Å². The van der Waals surface area contributed by atoms with Crippen molar-refractivity contribution < 1.29 is 8.42 Å². The number of rotatable bonds is 3. The van der Waals surface area contributed by atoms with Crippen LogP contribution in [0.1, 0.15) is 0 Å². The van der Waals surface area contributed by atoms with Crippen molar-refractivity contribution in [2.45, 2.75) is 5.16 Å². The number of sulfonamides is 1. The van der Waals surface area contributed by atoms with E-state index in [1.165, 1.54) is 24.5 Å². The number of benzene rings is 1. The molecule has 0 spiro atoms. The number of aromatic nitrogens is 4. The molecule has 3 aromatic rings. The fourth-order valence-electron chi connectivity index (χ4n) is 1.63. The first-order valence-corrected chi connectivity index (χ1v) is 8.33. The van der Waals surface area contributed by atoms with Crippen LogP contribution < -0.4 is 4.72 Å². The molecule has 0 saturated heterocycles. The average molecular weight is 379 g/mol. The molecule has 0 aliphatic carbocycles. The zero-order chi connectivity index (χ0) is 15.9. The maximum absolute atomic E-state index is 12.3. The lowest BCUT2D eigenvalue weighted by molar-refractivity contribution is 0.592. The second-order valence-electron chi connectivity index (χ2n) is 4.11. The van der Waals surface area contributed by atoms with Crippen LogP contribution in [-0.4, -0.2) is 28.0 Å². The van der Waals surface area contributed by atoms with E-state index in [0.717, 1.165) is 4.52 Å². The van der Waals surface area contributed by atoms with Gasteiger partial charge in [0.2, 0.25) is 0 Å². The lowest BCUT2D eigenvalue weighted by Crippen LogP contribution is -2.15. The SMILES string of the molecule is O=S(=O)(Nc1c(Cl)cccc1Cl)c1nc2ncc(Cl)cn2n1. The topological polar surface area (TPSA) is 89.2 Å². The molecule has 0 aliphatic heterocycles. The van der Waals surface area contributed by atoms with Gasteiger partial charge in [0.15, 0.2) is 0 Å². The summed E-state index contributed by atoms with van der Waals surface area (Å²) in [6, 6.07) is 4.60. The maximum Gasteiger partial charge on any atom is 0.299 e. The predicted octanol–water partition coefficient (Wildman–Crippen LogP) is 2.89. The van der Waals surface area contributed by atoms with Crippen molar-refractivity contribution >= 4 is 56.3 Å². The molecule has 2 aromatic heterocycles. The maximum atomic E-state index is 12.3. The third kappa shape index (κ3) is 2.82. The second kappa shape index (κ2) is 5.54. The molecule has 0 amide bonds. The fourth-order valence-corrected chi connectivity index (χ4v) is 3.35. The highest BCUT2D eigenvalue weighted by Gasteiger charge is 2.23. The Bertz CT molecular complexity index is 953. The molecule has 3 rings (SSSR count). The van der Waals surface area contributed by atoms with Crippen LogP contribution >= 0.6 is 34.8 Å². The second-order valence-corrected chi connectivity index (χ2v) is 6.94. The third-order valence-corrected chi connectivity index (χ3v) is 4.53. The first kappa shape index (κ1) is 15.3. The van der Waals surface area contributed by atoms with Gasteiger partial charge in [0.1, 0.15) is 0 Å². The van der Waals surface area contributed by atoms with E-state index < -0.39 is 15.2 Å². The van der Waals surface area contributed by atoms with Crippen LogP contribution in [0.2, 0.25) is 15.1 Å². The van der Waals surface area contributed by atoms with Gasteiger partial charge in [0.25, 0.3) is 21.0 Å². The normalized spacial score (nSPS) is 11.8. The molecule has 1 aromatic carbocycles. The van der Waals surface area contributed by atoms with E-state index in [0.29, 0.717) is 5.02 Å². The molecule has 0 fully saturated rings. The number of nitrogens with zero attached hydrogens (tertiary/aromatic N) is 4. The average Bonchev–Trinajstić information content (AvgIpc) is 2.87. The van der Waals surface area contributed by atoms with Crippen molar-refractivity contribution in [3.8, 4) is 0 Å². The summed E-state index contributed by atoms with van der Waals surface area (Å²) in [5.41, 5.74) is 0.0516. The van der Waals surface area contributed by atoms with Gasteiger partial charge in [-0.05, 0) is 12.1 Å². The molecule has 11 heteroatoms. The van der Waals surface area contributed by atoms with E-state index in [9.17, 15) is 8.42 Å². The van der Waals surface area contributed by atoms with Crippen molar-refractivity contribution in [2.24, 2.45) is 0 Å². The molecule has 0 atom stereocenters. The standard InChI is InChI=1S/C11H6Cl3N5O2S/c12-6-4-15-10-16-11(17-19(10)5-6)22(20,21)18-9-7(13)2-1-3-8(9)14/h1-5,18H. The molecule has 7 nitrogen and oxygen atoms in total. The lowest BCUT2D eigenvalue weighted by Gasteiger charge is -2.08. The van der Waals surface area contributed by atoms with Gasteiger partial charge in [-0.25, -0.2) is 9.50 Å². The molecule has 1 N–H and O–H groups in total. The number of fused-ring (bicyclic) bond motifs is 1. The number of nitrogens with one attached hydrogen (secondary N) is 1. The van der Waals surface area contributed by atoms with Crippen molar-refractivity contribution in [3.63, 3.8) is 0 Å².